The highest BCUT2D eigenvalue weighted by Gasteiger charge is 2.14. The lowest BCUT2D eigenvalue weighted by Gasteiger charge is -2.03. The molecule has 0 bridgehead atoms. The van der Waals surface area contributed by atoms with E-state index in [2.05, 4.69) is 10.3 Å². The average molecular weight is 231 g/mol. The summed E-state index contributed by atoms with van der Waals surface area (Å²) in [4.78, 5) is 10.8. The molecule has 0 amide bonds. The third kappa shape index (κ3) is 2.50. The molecular weight excluding hydrogens is 218 g/mol. The maximum atomic E-state index is 10.8. The van der Waals surface area contributed by atoms with E-state index in [4.69, 9.17) is 5.11 Å². The van der Waals surface area contributed by atoms with Crippen LogP contribution in [-0.2, 0) is 13.0 Å². The summed E-state index contributed by atoms with van der Waals surface area (Å²) in [5.74, 6) is -1.03. The fourth-order valence-corrected chi connectivity index (χ4v) is 1.65. The van der Waals surface area contributed by atoms with Crippen LogP contribution < -0.4 is 0 Å². The van der Waals surface area contributed by atoms with Crippen LogP contribution in [0.4, 0.5) is 0 Å². The van der Waals surface area contributed by atoms with Gasteiger partial charge in [0.05, 0.1) is 5.69 Å². The number of aromatic nitrogens is 3. The van der Waals surface area contributed by atoms with Gasteiger partial charge in [0.1, 0.15) is 0 Å². The molecule has 0 radical (unpaired) electrons. The Bertz CT molecular complexity index is 520. The van der Waals surface area contributed by atoms with Gasteiger partial charge < -0.3 is 5.11 Å². The molecule has 0 aliphatic heterocycles. The highest BCUT2D eigenvalue weighted by atomic mass is 16.4. The van der Waals surface area contributed by atoms with Crippen LogP contribution in [-0.4, -0.2) is 26.1 Å². The van der Waals surface area contributed by atoms with Gasteiger partial charge in [0.2, 0.25) is 0 Å². The van der Waals surface area contributed by atoms with Gasteiger partial charge >= 0.3 is 5.97 Å². The first-order chi connectivity index (χ1) is 8.18. The molecule has 0 aliphatic rings. The fourth-order valence-electron chi connectivity index (χ4n) is 1.65. The minimum atomic E-state index is -1.03. The predicted molar refractivity (Wildman–Crippen MR) is 61.9 cm³/mol. The zero-order valence-electron chi connectivity index (χ0n) is 9.50. The molecule has 1 N–H and O–H groups in total. The van der Waals surface area contributed by atoms with Crippen LogP contribution in [0.2, 0.25) is 0 Å². The van der Waals surface area contributed by atoms with E-state index in [0.29, 0.717) is 12.2 Å². The third-order valence-corrected chi connectivity index (χ3v) is 2.64. The molecule has 1 heterocycles. The van der Waals surface area contributed by atoms with Gasteiger partial charge in [-0.1, -0.05) is 35.5 Å². The zero-order valence-corrected chi connectivity index (χ0v) is 9.50. The van der Waals surface area contributed by atoms with Crippen LogP contribution in [0.3, 0.4) is 0 Å². The Morgan fingerprint density at radius 2 is 2.06 bits per heavy atom. The molecule has 88 valence electrons. The number of nitrogens with zero attached hydrogens (tertiary/aromatic N) is 3. The van der Waals surface area contributed by atoms with Gasteiger partial charge in [-0.15, -0.1) is 5.10 Å². The van der Waals surface area contributed by atoms with E-state index in [1.807, 2.05) is 30.3 Å². The molecule has 0 spiro atoms. The quantitative estimate of drug-likeness (QED) is 0.866. The van der Waals surface area contributed by atoms with Gasteiger partial charge in [-0.3, -0.25) is 0 Å². The van der Waals surface area contributed by atoms with Crippen LogP contribution in [0.25, 0.3) is 0 Å². The molecule has 1 aromatic carbocycles. The molecular formula is C12H13N3O2. The minimum Gasteiger partial charge on any atom is -0.476 e. The molecule has 0 unspecified atom stereocenters. The molecule has 0 aliphatic carbocycles. The van der Waals surface area contributed by atoms with Gasteiger partial charge in [0.25, 0.3) is 0 Å². The number of carboxylic acids is 1. The highest BCUT2D eigenvalue weighted by molar-refractivity contribution is 5.86. The predicted octanol–water partition coefficient (Wildman–Crippen LogP) is 1.53. The number of hydrogen-bond donors (Lipinski definition) is 1. The molecule has 2 rings (SSSR count). The lowest BCUT2D eigenvalue weighted by molar-refractivity contribution is 0.0689. The number of hydrogen-bond acceptors (Lipinski definition) is 3. The van der Waals surface area contributed by atoms with Gasteiger partial charge in [0, 0.05) is 6.54 Å². The monoisotopic (exact) mass is 231 g/mol. The van der Waals surface area contributed by atoms with Gasteiger partial charge in [-0.2, -0.15) is 0 Å². The molecule has 5 nitrogen and oxygen atoms in total. The summed E-state index contributed by atoms with van der Waals surface area (Å²) in [6.07, 6.45) is 0.810. The summed E-state index contributed by atoms with van der Waals surface area (Å²) in [7, 11) is 0. The van der Waals surface area contributed by atoms with Crippen LogP contribution in [0, 0.1) is 6.92 Å². The lowest BCUT2D eigenvalue weighted by atomic mass is 10.1. The Balaban J connectivity index is 2.07. The van der Waals surface area contributed by atoms with Gasteiger partial charge in [-0.05, 0) is 18.9 Å². The van der Waals surface area contributed by atoms with Crippen LogP contribution >= 0.6 is 0 Å². The summed E-state index contributed by atoms with van der Waals surface area (Å²) in [6, 6.07) is 9.99. The van der Waals surface area contributed by atoms with Crippen molar-refractivity contribution in [3.05, 3.63) is 47.3 Å². The summed E-state index contributed by atoms with van der Waals surface area (Å²) >= 11 is 0. The van der Waals surface area contributed by atoms with Crippen molar-refractivity contribution in [2.75, 3.05) is 0 Å². The third-order valence-electron chi connectivity index (χ3n) is 2.64. The fraction of sp³-hybridized carbons (Fsp3) is 0.250. The van der Waals surface area contributed by atoms with Crippen LogP contribution in [0.1, 0.15) is 21.7 Å². The zero-order chi connectivity index (χ0) is 12.3. The summed E-state index contributed by atoms with van der Waals surface area (Å²) in [5.41, 5.74) is 1.81. The van der Waals surface area contributed by atoms with Gasteiger partial charge in [0.15, 0.2) is 5.69 Å². The van der Waals surface area contributed by atoms with E-state index in [1.165, 1.54) is 5.56 Å². The normalized spacial score (nSPS) is 10.4. The van der Waals surface area contributed by atoms with Crippen molar-refractivity contribution < 1.29 is 9.90 Å². The molecule has 17 heavy (non-hydrogen) atoms. The van der Waals surface area contributed by atoms with E-state index in [9.17, 15) is 4.79 Å². The van der Waals surface area contributed by atoms with Crippen molar-refractivity contribution in [1.29, 1.82) is 0 Å². The maximum Gasteiger partial charge on any atom is 0.358 e. The Kier molecular flexibility index (Phi) is 3.18. The number of carboxylic acid groups (broad SMARTS) is 1. The van der Waals surface area contributed by atoms with Crippen molar-refractivity contribution >= 4 is 5.97 Å². The molecule has 0 saturated heterocycles. The first-order valence-corrected chi connectivity index (χ1v) is 5.36. The van der Waals surface area contributed by atoms with Crippen molar-refractivity contribution in [3.63, 3.8) is 0 Å². The molecule has 0 atom stereocenters. The van der Waals surface area contributed by atoms with E-state index < -0.39 is 5.97 Å². The van der Waals surface area contributed by atoms with Crippen molar-refractivity contribution in [1.82, 2.24) is 15.0 Å². The van der Waals surface area contributed by atoms with Crippen molar-refractivity contribution in [2.45, 2.75) is 19.9 Å². The molecule has 1 aromatic heterocycles. The lowest BCUT2D eigenvalue weighted by Crippen LogP contribution is -2.06. The second-order valence-corrected chi connectivity index (χ2v) is 3.79. The number of benzene rings is 1. The number of rotatable bonds is 4. The molecule has 5 heteroatoms. The van der Waals surface area contributed by atoms with Crippen LogP contribution in [0.15, 0.2) is 30.3 Å². The summed E-state index contributed by atoms with van der Waals surface area (Å²) in [6.45, 7) is 2.35. The van der Waals surface area contributed by atoms with Crippen LogP contribution in [0.5, 0.6) is 0 Å². The van der Waals surface area contributed by atoms with E-state index in [-0.39, 0.29) is 5.69 Å². The van der Waals surface area contributed by atoms with E-state index in [0.717, 1.165) is 6.42 Å². The Morgan fingerprint density at radius 1 is 1.35 bits per heavy atom. The molecule has 2 aromatic rings. The number of aryl methyl sites for hydroxylation is 2. The first kappa shape index (κ1) is 11.3. The SMILES string of the molecule is Cc1c(C(=O)O)nnn1CCc1ccccc1. The average Bonchev–Trinajstić information content (AvgIpc) is 2.69. The van der Waals surface area contributed by atoms with Crippen molar-refractivity contribution in [2.24, 2.45) is 0 Å². The van der Waals surface area contributed by atoms with Crippen molar-refractivity contribution in [3.8, 4) is 0 Å². The molecule has 0 fully saturated rings. The standard InChI is InChI=1S/C12H13N3O2/c1-9-11(12(16)17)13-14-15(9)8-7-10-5-3-2-4-6-10/h2-6H,7-8H2,1H3,(H,16,17). The van der Waals surface area contributed by atoms with E-state index in [1.54, 1.807) is 11.6 Å². The second-order valence-electron chi connectivity index (χ2n) is 3.79. The highest BCUT2D eigenvalue weighted by Crippen LogP contribution is 2.06. The number of carbonyl (C=O) groups is 1. The smallest absolute Gasteiger partial charge is 0.358 e. The van der Waals surface area contributed by atoms with Gasteiger partial charge in [-0.25, -0.2) is 9.48 Å². The maximum absolute atomic E-state index is 10.8. The first-order valence-electron chi connectivity index (χ1n) is 5.36. The Hall–Kier alpha value is -2.17. The summed E-state index contributed by atoms with van der Waals surface area (Å²) in [5, 5.41) is 16.3. The minimum absolute atomic E-state index is 0.0260. The Labute approximate surface area is 98.7 Å². The van der Waals surface area contributed by atoms with E-state index >= 15 is 0 Å². The topological polar surface area (TPSA) is 68.0 Å². The number of aromatic carboxylic acids is 1. The Morgan fingerprint density at radius 3 is 2.65 bits per heavy atom. The summed E-state index contributed by atoms with van der Waals surface area (Å²) < 4.78 is 1.62. The molecule has 0 saturated carbocycles. The largest absolute Gasteiger partial charge is 0.476 e. The second kappa shape index (κ2) is 4.78.